The molecule has 1 aliphatic carbocycles. The number of nitrogens with zero attached hydrogens (tertiary/aromatic N) is 3. The summed E-state index contributed by atoms with van der Waals surface area (Å²) in [5, 5.41) is 14.0. The number of rotatable bonds is 5. The van der Waals surface area contributed by atoms with Crippen molar-refractivity contribution in [3.05, 3.63) is 58.2 Å². The Morgan fingerprint density at radius 1 is 1.48 bits per heavy atom. The molecule has 29 heavy (non-hydrogen) atoms. The molecule has 1 amide bonds. The first kappa shape index (κ1) is 19.7. The average molecular weight is 423 g/mol. The summed E-state index contributed by atoms with van der Waals surface area (Å²) in [4.78, 5) is 18.2. The van der Waals surface area contributed by atoms with Crippen LogP contribution in [0.4, 0.5) is 5.00 Å². The predicted molar refractivity (Wildman–Crippen MR) is 118 cm³/mol. The molecular weight excluding hydrogens is 400 g/mol. The third-order valence-electron chi connectivity index (χ3n) is 5.10. The van der Waals surface area contributed by atoms with Crippen molar-refractivity contribution in [2.45, 2.75) is 38.3 Å². The van der Waals surface area contributed by atoms with E-state index in [9.17, 15) is 10.1 Å². The van der Waals surface area contributed by atoms with Gasteiger partial charge in [-0.25, -0.2) is 4.98 Å². The van der Waals surface area contributed by atoms with Gasteiger partial charge in [0.15, 0.2) is 5.16 Å². The van der Waals surface area contributed by atoms with Gasteiger partial charge in [-0.05, 0) is 55.4 Å². The van der Waals surface area contributed by atoms with Gasteiger partial charge in [-0.2, -0.15) is 5.26 Å². The summed E-state index contributed by atoms with van der Waals surface area (Å²) in [5.74, 6) is 0.761. The van der Waals surface area contributed by atoms with E-state index in [0.29, 0.717) is 16.5 Å². The molecule has 0 radical (unpaired) electrons. The van der Waals surface area contributed by atoms with E-state index in [-0.39, 0.29) is 11.7 Å². The van der Waals surface area contributed by atoms with Crippen molar-refractivity contribution in [3.8, 4) is 11.8 Å². The van der Waals surface area contributed by atoms with E-state index in [1.54, 1.807) is 17.5 Å². The van der Waals surface area contributed by atoms with Gasteiger partial charge < -0.3 is 5.32 Å². The second-order valence-corrected chi connectivity index (χ2v) is 9.47. The maximum absolute atomic E-state index is 12.6. The number of nitrogens with one attached hydrogen (secondary N) is 1. The number of aryl methyl sites for hydroxylation is 1. The van der Waals surface area contributed by atoms with Crippen LogP contribution in [0.1, 0.15) is 34.9 Å². The molecule has 0 bridgehead atoms. The minimum atomic E-state index is -0.114. The lowest BCUT2D eigenvalue weighted by atomic mass is 9.89. The number of thiophene rings is 1. The van der Waals surface area contributed by atoms with Crippen molar-refractivity contribution in [1.82, 2.24) is 9.55 Å². The first-order chi connectivity index (χ1) is 14.0. The lowest BCUT2D eigenvalue weighted by Crippen LogP contribution is -2.14. The number of imidazole rings is 1. The zero-order chi connectivity index (χ0) is 20.4. The van der Waals surface area contributed by atoms with Crippen LogP contribution >= 0.6 is 23.1 Å². The summed E-state index contributed by atoms with van der Waals surface area (Å²) in [6, 6.07) is 10.5. The number of benzene rings is 1. The molecule has 2 heterocycles. The third kappa shape index (κ3) is 4.24. The number of carbonyl (C=O) groups is 1. The van der Waals surface area contributed by atoms with E-state index in [1.807, 2.05) is 22.9 Å². The van der Waals surface area contributed by atoms with Crippen molar-refractivity contribution < 1.29 is 4.79 Å². The number of anilines is 1. The summed E-state index contributed by atoms with van der Waals surface area (Å²) in [6.45, 7) is 4.29. The molecule has 0 saturated heterocycles. The van der Waals surface area contributed by atoms with Gasteiger partial charge in [-0.3, -0.25) is 9.36 Å². The number of carbonyl (C=O) groups excluding carboxylic acids is 1. The van der Waals surface area contributed by atoms with Crippen molar-refractivity contribution in [2.75, 3.05) is 11.1 Å². The van der Waals surface area contributed by atoms with Gasteiger partial charge in [0.2, 0.25) is 5.91 Å². The fourth-order valence-corrected chi connectivity index (χ4v) is 5.77. The molecule has 5 nitrogen and oxygen atoms in total. The lowest BCUT2D eigenvalue weighted by molar-refractivity contribution is -0.113. The number of aromatic nitrogens is 2. The Morgan fingerprint density at radius 2 is 2.34 bits per heavy atom. The quantitative estimate of drug-likeness (QED) is 0.589. The Balaban J connectivity index is 1.45. The van der Waals surface area contributed by atoms with Crippen molar-refractivity contribution >= 4 is 34.0 Å². The van der Waals surface area contributed by atoms with E-state index in [1.165, 1.54) is 22.2 Å². The van der Waals surface area contributed by atoms with Gasteiger partial charge in [-0.15, -0.1) is 11.3 Å². The van der Waals surface area contributed by atoms with Crippen LogP contribution in [-0.2, 0) is 17.6 Å². The van der Waals surface area contributed by atoms with Crippen molar-refractivity contribution in [3.63, 3.8) is 0 Å². The zero-order valence-corrected chi connectivity index (χ0v) is 18.1. The molecule has 7 heteroatoms. The number of nitriles is 1. The van der Waals surface area contributed by atoms with Crippen LogP contribution in [0.5, 0.6) is 0 Å². The Morgan fingerprint density at radius 3 is 3.14 bits per heavy atom. The van der Waals surface area contributed by atoms with Crippen LogP contribution in [0.25, 0.3) is 5.69 Å². The monoisotopic (exact) mass is 422 g/mol. The van der Waals surface area contributed by atoms with Crippen LogP contribution in [-0.4, -0.2) is 21.2 Å². The van der Waals surface area contributed by atoms with E-state index in [4.69, 9.17) is 0 Å². The minimum absolute atomic E-state index is 0.114. The number of thioether (sulfide) groups is 1. The normalized spacial score (nSPS) is 15.6. The van der Waals surface area contributed by atoms with Gasteiger partial charge in [0, 0.05) is 23.0 Å². The fourth-order valence-electron chi connectivity index (χ4n) is 3.62. The van der Waals surface area contributed by atoms with Crippen LogP contribution < -0.4 is 5.32 Å². The summed E-state index contributed by atoms with van der Waals surface area (Å²) in [5.41, 5.74) is 3.98. The van der Waals surface area contributed by atoms with Crippen molar-refractivity contribution in [2.24, 2.45) is 5.92 Å². The van der Waals surface area contributed by atoms with Crippen LogP contribution in [0.2, 0.25) is 0 Å². The summed E-state index contributed by atoms with van der Waals surface area (Å²) < 4.78 is 1.98. The Labute approximate surface area is 178 Å². The molecule has 0 spiro atoms. The van der Waals surface area contributed by atoms with Gasteiger partial charge >= 0.3 is 0 Å². The highest BCUT2D eigenvalue weighted by Crippen LogP contribution is 2.39. The molecule has 1 aliphatic rings. The second-order valence-electron chi connectivity index (χ2n) is 7.42. The van der Waals surface area contributed by atoms with Crippen LogP contribution in [0.3, 0.4) is 0 Å². The fraction of sp³-hybridized carbons (Fsp3) is 0.318. The zero-order valence-electron chi connectivity index (χ0n) is 16.4. The molecule has 148 valence electrons. The molecule has 0 aliphatic heterocycles. The summed E-state index contributed by atoms with van der Waals surface area (Å²) in [7, 11) is 0. The van der Waals surface area contributed by atoms with E-state index in [2.05, 4.69) is 42.4 Å². The number of amides is 1. The third-order valence-corrected chi connectivity index (χ3v) is 7.23. The first-order valence-electron chi connectivity index (χ1n) is 9.63. The Hall–Kier alpha value is -2.56. The van der Waals surface area contributed by atoms with Gasteiger partial charge in [-0.1, -0.05) is 30.8 Å². The molecule has 0 saturated carbocycles. The molecule has 4 rings (SSSR count). The van der Waals surface area contributed by atoms with E-state index in [0.717, 1.165) is 35.7 Å². The molecule has 1 N–H and O–H groups in total. The van der Waals surface area contributed by atoms with Gasteiger partial charge in [0.05, 0.1) is 11.3 Å². The predicted octanol–water partition coefficient (Wildman–Crippen LogP) is 4.97. The maximum atomic E-state index is 12.6. The molecular formula is C22H22N4OS2. The first-order valence-corrected chi connectivity index (χ1v) is 11.4. The Kier molecular flexibility index (Phi) is 5.74. The number of hydrogen-bond donors (Lipinski definition) is 1. The second kappa shape index (κ2) is 8.44. The largest absolute Gasteiger partial charge is 0.316 e. The van der Waals surface area contributed by atoms with Gasteiger partial charge in [0.25, 0.3) is 0 Å². The molecule has 0 fully saturated rings. The van der Waals surface area contributed by atoms with Crippen LogP contribution in [0, 0.1) is 24.2 Å². The molecule has 1 aromatic carbocycles. The summed E-state index contributed by atoms with van der Waals surface area (Å²) in [6.07, 6.45) is 6.66. The maximum Gasteiger partial charge on any atom is 0.235 e. The highest BCUT2D eigenvalue weighted by Gasteiger charge is 2.24. The lowest BCUT2D eigenvalue weighted by Gasteiger charge is -2.17. The minimum Gasteiger partial charge on any atom is -0.316 e. The van der Waals surface area contributed by atoms with Crippen LogP contribution in [0.15, 0.2) is 41.8 Å². The highest BCUT2D eigenvalue weighted by molar-refractivity contribution is 7.99. The standard InChI is InChI=1S/C22H22N4OS2/c1-14-4-3-5-16(10-14)26-9-8-24-22(26)28-13-20(27)25-21-18(12-23)17-7-6-15(2)11-19(17)29-21/h3-5,8-10,15H,6-7,11,13H2,1-2H3,(H,25,27). The van der Waals surface area contributed by atoms with Crippen molar-refractivity contribution in [1.29, 1.82) is 5.26 Å². The number of hydrogen-bond acceptors (Lipinski definition) is 5. The summed E-state index contributed by atoms with van der Waals surface area (Å²) >= 11 is 2.95. The van der Waals surface area contributed by atoms with E-state index < -0.39 is 0 Å². The molecule has 3 aromatic rings. The van der Waals surface area contributed by atoms with Gasteiger partial charge in [0.1, 0.15) is 11.1 Å². The molecule has 1 atom stereocenters. The molecule has 1 unspecified atom stereocenters. The highest BCUT2D eigenvalue weighted by atomic mass is 32.2. The Bertz CT molecular complexity index is 1090. The number of fused-ring (bicyclic) bond motifs is 1. The topological polar surface area (TPSA) is 70.7 Å². The average Bonchev–Trinajstić information content (AvgIpc) is 3.29. The smallest absolute Gasteiger partial charge is 0.235 e. The SMILES string of the molecule is Cc1cccc(-n2ccnc2SCC(=O)Nc2sc3c(c2C#N)CCC(C)C3)c1. The van der Waals surface area contributed by atoms with E-state index >= 15 is 0 Å². The molecule has 2 aromatic heterocycles.